The molecule has 5 nitrogen and oxygen atoms in total. The Morgan fingerprint density at radius 3 is 3.21 bits per heavy atom. The van der Waals surface area contributed by atoms with E-state index in [2.05, 4.69) is 15.6 Å². The van der Waals surface area contributed by atoms with Gasteiger partial charge in [-0.2, -0.15) is 0 Å². The lowest BCUT2D eigenvalue weighted by Crippen LogP contribution is -2.25. The van der Waals surface area contributed by atoms with Crippen molar-refractivity contribution in [3.05, 3.63) is 34.8 Å². The predicted octanol–water partition coefficient (Wildman–Crippen LogP) is 2.65. The highest BCUT2D eigenvalue weighted by molar-refractivity contribution is 7.09. The zero-order valence-electron chi connectivity index (χ0n) is 10.3. The van der Waals surface area contributed by atoms with Gasteiger partial charge in [0.15, 0.2) is 6.61 Å². The van der Waals surface area contributed by atoms with E-state index in [1.807, 2.05) is 30.5 Å². The van der Waals surface area contributed by atoms with Gasteiger partial charge in [-0.15, -0.1) is 11.3 Å². The van der Waals surface area contributed by atoms with E-state index >= 15 is 0 Å². The molecule has 0 aliphatic carbocycles. The van der Waals surface area contributed by atoms with Crippen LogP contribution in [-0.2, 0) is 4.79 Å². The number of ether oxygens (including phenoxy) is 1. The number of carbonyl (C=O) groups is 1. The van der Waals surface area contributed by atoms with Crippen LogP contribution in [0, 0.1) is 0 Å². The van der Waals surface area contributed by atoms with Gasteiger partial charge in [-0.1, -0.05) is 0 Å². The predicted molar refractivity (Wildman–Crippen MR) is 74.7 cm³/mol. The summed E-state index contributed by atoms with van der Waals surface area (Å²) in [6, 6.07) is 5.78. The van der Waals surface area contributed by atoms with Gasteiger partial charge in [0.05, 0.1) is 11.7 Å². The van der Waals surface area contributed by atoms with Crippen LogP contribution in [-0.4, -0.2) is 17.5 Å². The van der Waals surface area contributed by atoms with Crippen LogP contribution in [0.15, 0.2) is 29.8 Å². The minimum Gasteiger partial charge on any atom is -0.482 e. The first-order chi connectivity index (χ1) is 9.22. The average Bonchev–Trinajstić information content (AvgIpc) is 2.92. The number of hydrogen-bond acceptors (Lipinski definition) is 5. The summed E-state index contributed by atoms with van der Waals surface area (Å²) in [7, 11) is 0. The monoisotopic (exact) mass is 275 g/mol. The highest BCUT2D eigenvalue weighted by Crippen LogP contribution is 2.31. The van der Waals surface area contributed by atoms with Crippen LogP contribution in [0.5, 0.6) is 5.75 Å². The molecule has 0 saturated carbocycles. The lowest BCUT2D eigenvalue weighted by Gasteiger charge is -2.20. The van der Waals surface area contributed by atoms with Crippen molar-refractivity contribution < 1.29 is 9.53 Å². The first kappa shape index (κ1) is 12.0. The van der Waals surface area contributed by atoms with Crippen LogP contribution < -0.4 is 15.4 Å². The van der Waals surface area contributed by atoms with E-state index in [0.29, 0.717) is 11.4 Å². The molecule has 1 aromatic heterocycles. The first-order valence-electron chi connectivity index (χ1n) is 5.95. The van der Waals surface area contributed by atoms with Crippen LogP contribution in [0.3, 0.4) is 0 Å². The van der Waals surface area contributed by atoms with E-state index in [4.69, 9.17) is 4.74 Å². The van der Waals surface area contributed by atoms with Gasteiger partial charge in [0.2, 0.25) is 0 Å². The number of benzene rings is 1. The SMILES string of the molecule is CC(Nc1ccc2c(c1)NC(=O)CO2)c1nccs1. The van der Waals surface area contributed by atoms with Crippen molar-refractivity contribution in [3.63, 3.8) is 0 Å². The van der Waals surface area contributed by atoms with Crippen LogP contribution in [0.25, 0.3) is 0 Å². The van der Waals surface area contributed by atoms with Crippen molar-refractivity contribution in [2.45, 2.75) is 13.0 Å². The number of nitrogens with one attached hydrogen (secondary N) is 2. The molecule has 2 N–H and O–H groups in total. The van der Waals surface area contributed by atoms with Crippen molar-refractivity contribution in [2.75, 3.05) is 17.2 Å². The first-order valence-corrected chi connectivity index (χ1v) is 6.83. The summed E-state index contributed by atoms with van der Waals surface area (Å²) in [6.45, 7) is 2.13. The number of rotatable bonds is 3. The summed E-state index contributed by atoms with van der Waals surface area (Å²) < 4.78 is 5.32. The van der Waals surface area contributed by atoms with Gasteiger partial charge >= 0.3 is 0 Å². The fourth-order valence-corrected chi connectivity index (χ4v) is 2.58. The quantitative estimate of drug-likeness (QED) is 0.904. The second kappa shape index (κ2) is 4.89. The van der Waals surface area contributed by atoms with Crippen LogP contribution >= 0.6 is 11.3 Å². The summed E-state index contributed by atoms with van der Waals surface area (Å²) in [5.74, 6) is 0.574. The summed E-state index contributed by atoms with van der Waals surface area (Å²) in [6.07, 6.45) is 1.79. The summed E-state index contributed by atoms with van der Waals surface area (Å²) in [5.41, 5.74) is 1.62. The van der Waals surface area contributed by atoms with Crippen molar-refractivity contribution in [3.8, 4) is 5.75 Å². The standard InChI is InChI=1S/C13H13N3O2S/c1-8(13-14-4-5-19-13)15-9-2-3-11-10(6-9)16-12(17)7-18-11/h2-6,8,15H,7H2,1H3,(H,16,17). The molecule has 1 unspecified atom stereocenters. The molecule has 0 radical (unpaired) electrons. The lowest BCUT2D eigenvalue weighted by atomic mass is 10.2. The van der Waals surface area contributed by atoms with Gasteiger partial charge in [-0.05, 0) is 25.1 Å². The Morgan fingerprint density at radius 1 is 1.53 bits per heavy atom. The highest BCUT2D eigenvalue weighted by Gasteiger charge is 2.16. The van der Waals surface area contributed by atoms with Crippen LogP contribution in [0.4, 0.5) is 11.4 Å². The van der Waals surface area contributed by atoms with Gasteiger partial charge in [0.25, 0.3) is 5.91 Å². The maximum Gasteiger partial charge on any atom is 0.262 e. The number of hydrogen-bond donors (Lipinski definition) is 2. The highest BCUT2D eigenvalue weighted by atomic mass is 32.1. The van der Waals surface area contributed by atoms with Crippen molar-refractivity contribution in [1.29, 1.82) is 0 Å². The molecule has 1 amide bonds. The normalized spacial score (nSPS) is 15.1. The van der Waals surface area contributed by atoms with Crippen LogP contribution in [0.2, 0.25) is 0 Å². The van der Waals surface area contributed by atoms with Crippen molar-refractivity contribution >= 4 is 28.6 Å². The van der Waals surface area contributed by atoms with Gasteiger partial charge in [-0.25, -0.2) is 4.98 Å². The Morgan fingerprint density at radius 2 is 2.42 bits per heavy atom. The number of amides is 1. The van der Waals surface area contributed by atoms with Gasteiger partial charge in [0.1, 0.15) is 10.8 Å². The van der Waals surface area contributed by atoms with Crippen molar-refractivity contribution in [1.82, 2.24) is 4.98 Å². The fraction of sp³-hybridized carbons (Fsp3) is 0.231. The van der Waals surface area contributed by atoms with Gasteiger partial charge < -0.3 is 15.4 Å². The van der Waals surface area contributed by atoms with E-state index in [9.17, 15) is 4.79 Å². The lowest BCUT2D eigenvalue weighted by molar-refractivity contribution is -0.118. The van der Waals surface area contributed by atoms with Crippen LogP contribution in [0.1, 0.15) is 18.0 Å². The van der Waals surface area contributed by atoms with Gasteiger partial charge in [-0.3, -0.25) is 4.79 Å². The van der Waals surface area contributed by atoms with Gasteiger partial charge in [0, 0.05) is 17.3 Å². The fourth-order valence-electron chi connectivity index (χ4n) is 1.93. The Kier molecular flexibility index (Phi) is 3.08. The Bertz CT molecular complexity index is 598. The van der Waals surface area contributed by atoms with E-state index in [1.54, 1.807) is 17.5 Å². The zero-order valence-corrected chi connectivity index (χ0v) is 11.2. The molecule has 1 aromatic carbocycles. The van der Waals surface area contributed by atoms with E-state index in [0.717, 1.165) is 10.7 Å². The molecule has 1 aliphatic heterocycles. The maximum absolute atomic E-state index is 11.3. The number of carbonyl (C=O) groups excluding carboxylic acids is 1. The molecule has 0 saturated heterocycles. The third-order valence-corrected chi connectivity index (χ3v) is 3.78. The Labute approximate surface area is 114 Å². The second-order valence-corrected chi connectivity index (χ2v) is 5.21. The second-order valence-electron chi connectivity index (χ2n) is 4.28. The maximum atomic E-state index is 11.3. The molecule has 2 heterocycles. The summed E-state index contributed by atoms with van der Waals surface area (Å²) >= 11 is 1.61. The molecule has 98 valence electrons. The number of thiazole rings is 1. The number of nitrogens with zero attached hydrogens (tertiary/aromatic N) is 1. The molecular weight excluding hydrogens is 262 g/mol. The molecule has 3 rings (SSSR count). The molecular formula is C13H13N3O2S. The van der Waals surface area contributed by atoms with Crippen molar-refractivity contribution in [2.24, 2.45) is 0 Å². The van der Waals surface area contributed by atoms with E-state index in [-0.39, 0.29) is 18.6 Å². The average molecular weight is 275 g/mol. The third-order valence-electron chi connectivity index (χ3n) is 2.82. The zero-order chi connectivity index (χ0) is 13.2. The van der Waals surface area contributed by atoms with E-state index < -0.39 is 0 Å². The minimum atomic E-state index is -0.127. The topological polar surface area (TPSA) is 63.2 Å². The molecule has 0 fully saturated rings. The smallest absolute Gasteiger partial charge is 0.262 e. The molecule has 0 bridgehead atoms. The number of fused-ring (bicyclic) bond motifs is 1. The Hall–Kier alpha value is -2.08. The van der Waals surface area contributed by atoms with E-state index in [1.165, 1.54) is 0 Å². The largest absolute Gasteiger partial charge is 0.482 e. The minimum absolute atomic E-state index is 0.0787. The molecule has 19 heavy (non-hydrogen) atoms. The molecule has 1 atom stereocenters. The molecule has 6 heteroatoms. The molecule has 1 aliphatic rings. The summed E-state index contributed by atoms with van der Waals surface area (Å²) in [5, 5.41) is 9.12. The number of anilines is 2. The Balaban J connectivity index is 1.79. The molecule has 0 spiro atoms. The number of aromatic nitrogens is 1. The third kappa shape index (κ3) is 2.53. The summed E-state index contributed by atoms with van der Waals surface area (Å²) in [4.78, 5) is 15.6. The molecule has 2 aromatic rings.